The maximum atomic E-state index is 5.59. The third kappa shape index (κ3) is 6.78. The Morgan fingerprint density at radius 1 is 0.210 bits per heavy atom. The van der Waals surface area contributed by atoms with Gasteiger partial charge in [0.1, 0.15) is 0 Å². The molecule has 0 spiro atoms. The van der Waals surface area contributed by atoms with Crippen LogP contribution >= 0.6 is 0 Å². The Balaban J connectivity index is 0.864. The first-order chi connectivity index (χ1) is 40.2. The second-order valence-corrected chi connectivity index (χ2v) is 21.5. The fraction of sp³-hybridized carbons (Fsp3) is 0.0130. The molecule has 0 bridgehead atoms. The number of benzene rings is 14. The van der Waals surface area contributed by atoms with E-state index >= 15 is 0 Å². The molecule has 1 aliphatic carbocycles. The Morgan fingerprint density at radius 2 is 0.506 bits per heavy atom. The monoisotopic (exact) mass is 1030 g/mol. The molecule has 0 N–H and O–H groups in total. The minimum absolute atomic E-state index is 0.690. The quantitative estimate of drug-likeness (QED) is 0.156. The number of aromatic nitrogens is 4. The molecule has 374 valence electrons. The topological polar surface area (TPSA) is 51.6 Å². The summed E-state index contributed by atoms with van der Waals surface area (Å²) in [5.41, 5.74) is 14.0. The second kappa shape index (κ2) is 17.7. The summed E-state index contributed by atoms with van der Waals surface area (Å²) in [7, 11) is 0. The lowest BCUT2D eigenvalue weighted by Gasteiger charge is -2.34. The van der Waals surface area contributed by atoms with E-state index in [1.54, 1.807) is 0 Å². The van der Waals surface area contributed by atoms with Gasteiger partial charge in [-0.15, -0.1) is 0 Å². The summed E-state index contributed by atoms with van der Waals surface area (Å²) in [6.45, 7) is 0. The van der Waals surface area contributed by atoms with Crippen LogP contribution in [0.4, 0.5) is 0 Å². The van der Waals surface area contributed by atoms with Gasteiger partial charge in [-0.2, -0.15) is 0 Å². The molecule has 17 rings (SSSR count). The van der Waals surface area contributed by atoms with Crippen molar-refractivity contribution >= 4 is 86.4 Å². The van der Waals surface area contributed by atoms with Crippen molar-refractivity contribution in [3.8, 4) is 56.4 Å². The smallest absolute Gasteiger partial charge is 0.160 e. The average molecular weight is 1030 g/mol. The predicted octanol–water partition coefficient (Wildman–Crippen LogP) is 19.5. The lowest BCUT2D eigenvalue weighted by molar-refractivity contribution is 0.769. The lowest BCUT2D eigenvalue weighted by atomic mass is 9.67. The van der Waals surface area contributed by atoms with Crippen molar-refractivity contribution in [1.82, 2.24) is 19.9 Å². The molecule has 14 aromatic carbocycles. The van der Waals surface area contributed by atoms with Gasteiger partial charge in [0.25, 0.3) is 0 Å². The first kappa shape index (κ1) is 45.3. The van der Waals surface area contributed by atoms with Crippen molar-refractivity contribution in [2.45, 2.75) is 5.41 Å². The van der Waals surface area contributed by atoms with Gasteiger partial charge in [-0.1, -0.05) is 243 Å². The Bertz CT molecular complexity index is 4900. The minimum Gasteiger partial charge on any atom is -0.228 e. The first-order valence-electron chi connectivity index (χ1n) is 27.8. The molecule has 2 heterocycles. The zero-order valence-electron chi connectivity index (χ0n) is 43.8. The van der Waals surface area contributed by atoms with Gasteiger partial charge in [-0.05, 0) is 134 Å². The fourth-order valence-corrected chi connectivity index (χ4v) is 13.7. The molecular weight excluding hydrogens is 981 g/mol. The molecule has 81 heavy (non-hydrogen) atoms. The van der Waals surface area contributed by atoms with E-state index in [0.717, 1.165) is 55.4 Å². The largest absolute Gasteiger partial charge is 0.228 e. The highest BCUT2D eigenvalue weighted by Crippen LogP contribution is 2.58. The molecule has 0 saturated heterocycles. The Kier molecular flexibility index (Phi) is 9.89. The van der Waals surface area contributed by atoms with Crippen LogP contribution in [0.5, 0.6) is 0 Å². The van der Waals surface area contributed by atoms with Crippen LogP contribution in [0.3, 0.4) is 0 Å². The van der Waals surface area contributed by atoms with E-state index in [4.69, 9.17) is 19.9 Å². The molecule has 4 nitrogen and oxygen atoms in total. The van der Waals surface area contributed by atoms with E-state index in [1.165, 1.54) is 98.0 Å². The summed E-state index contributed by atoms with van der Waals surface area (Å²) >= 11 is 0. The standard InChI is InChI=1S/C77H46N4/c1-3-19-51(20-4-1)77(52-21-5-2-6-22-52)69-45-47(73-65-31-15-17-33-71(65)78-75(80-73)49-37-39-61-57-27-9-7-23-53(57)55-25-11-13-29-59(55)67(61)43-49)35-41-63(69)64-42-36-48(46-70(64)77)74-66-32-16-18-34-72(66)79-76(81-74)50-38-40-62-58-28-10-8-24-54(58)56-26-12-14-30-60(56)68(62)44-50/h1-46H. The van der Waals surface area contributed by atoms with Crippen LogP contribution in [-0.2, 0) is 5.41 Å². The molecule has 0 radical (unpaired) electrons. The summed E-state index contributed by atoms with van der Waals surface area (Å²) in [5, 5.41) is 16.7. The first-order valence-corrected chi connectivity index (χ1v) is 27.8. The van der Waals surface area contributed by atoms with E-state index in [9.17, 15) is 0 Å². The van der Waals surface area contributed by atoms with Crippen molar-refractivity contribution in [2.75, 3.05) is 0 Å². The highest BCUT2D eigenvalue weighted by atomic mass is 14.9. The normalized spacial score (nSPS) is 12.8. The third-order valence-electron chi connectivity index (χ3n) is 17.3. The number of hydrogen-bond acceptors (Lipinski definition) is 4. The van der Waals surface area contributed by atoms with Crippen LogP contribution in [-0.4, -0.2) is 19.9 Å². The number of rotatable bonds is 6. The number of para-hydroxylation sites is 2. The highest BCUT2D eigenvalue weighted by molar-refractivity contribution is 6.27. The Morgan fingerprint density at radius 3 is 0.877 bits per heavy atom. The van der Waals surface area contributed by atoms with Gasteiger partial charge < -0.3 is 0 Å². The highest BCUT2D eigenvalue weighted by Gasteiger charge is 2.46. The summed E-state index contributed by atoms with van der Waals surface area (Å²) in [6.07, 6.45) is 0. The van der Waals surface area contributed by atoms with E-state index in [-0.39, 0.29) is 0 Å². The maximum Gasteiger partial charge on any atom is 0.160 e. The number of hydrogen-bond donors (Lipinski definition) is 0. The summed E-state index contributed by atoms with van der Waals surface area (Å²) in [4.78, 5) is 21.8. The summed E-state index contributed by atoms with van der Waals surface area (Å²) < 4.78 is 0. The molecule has 0 saturated carbocycles. The van der Waals surface area contributed by atoms with Gasteiger partial charge in [-0.25, -0.2) is 19.9 Å². The van der Waals surface area contributed by atoms with Crippen LogP contribution in [0.15, 0.2) is 279 Å². The number of fused-ring (bicyclic) bond motifs is 17. The Hall–Kier alpha value is -10.7. The predicted molar refractivity (Wildman–Crippen MR) is 337 cm³/mol. The molecule has 16 aromatic rings. The lowest BCUT2D eigenvalue weighted by Crippen LogP contribution is -2.28. The second-order valence-electron chi connectivity index (χ2n) is 21.5. The van der Waals surface area contributed by atoms with E-state index in [1.807, 2.05) is 0 Å². The van der Waals surface area contributed by atoms with Crippen LogP contribution in [0.1, 0.15) is 22.3 Å². The van der Waals surface area contributed by atoms with Crippen LogP contribution in [0, 0.1) is 0 Å². The van der Waals surface area contributed by atoms with Crippen molar-refractivity contribution in [3.63, 3.8) is 0 Å². The molecule has 0 amide bonds. The SMILES string of the molecule is c1ccc(C2(c3ccccc3)c3cc(-c4nc(-c5ccc6c7ccccc7c7ccccc7c6c5)nc5ccccc45)ccc3-c3ccc(-c4nc(-c5ccc6c7ccccc7c7ccccc7c6c5)nc5ccccc45)cc32)cc1. The molecular formula is C77H46N4. The van der Waals surface area contributed by atoms with Crippen molar-refractivity contribution in [3.05, 3.63) is 301 Å². The molecule has 0 atom stereocenters. The molecule has 1 aliphatic rings. The van der Waals surface area contributed by atoms with Crippen molar-refractivity contribution in [2.24, 2.45) is 0 Å². The van der Waals surface area contributed by atoms with Gasteiger partial charge in [0.15, 0.2) is 11.6 Å². The van der Waals surface area contributed by atoms with Gasteiger partial charge in [0.2, 0.25) is 0 Å². The van der Waals surface area contributed by atoms with E-state index in [0.29, 0.717) is 11.6 Å². The van der Waals surface area contributed by atoms with E-state index in [2.05, 4.69) is 279 Å². The average Bonchev–Trinajstić information content (AvgIpc) is 4.10. The maximum absolute atomic E-state index is 5.59. The zero-order valence-corrected chi connectivity index (χ0v) is 43.8. The van der Waals surface area contributed by atoms with Gasteiger partial charge in [0.05, 0.1) is 27.8 Å². The molecule has 2 aromatic heterocycles. The molecule has 0 aliphatic heterocycles. The summed E-state index contributed by atoms with van der Waals surface area (Å²) in [5.74, 6) is 1.38. The van der Waals surface area contributed by atoms with Crippen LogP contribution in [0.2, 0.25) is 0 Å². The van der Waals surface area contributed by atoms with Crippen LogP contribution in [0.25, 0.3) is 143 Å². The van der Waals surface area contributed by atoms with Gasteiger partial charge in [-0.3, -0.25) is 0 Å². The molecule has 0 fully saturated rings. The minimum atomic E-state index is -0.721. The third-order valence-corrected chi connectivity index (χ3v) is 17.3. The Labute approximate surface area is 467 Å². The van der Waals surface area contributed by atoms with Crippen molar-refractivity contribution in [1.29, 1.82) is 0 Å². The number of nitrogens with zero attached hydrogens (tertiary/aromatic N) is 4. The fourth-order valence-electron chi connectivity index (χ4n) is 13.7. The van der Waals surface area contributed by atoms with E-state index < -0.39 is 5.41 Å². The van der Waals surface area contributed by atoms with Crippen LogP contribution < -0.4 is 0 Å². The summed E-state index contributed by atoms with van der Waals surface area (Å²) in [6, 6.07) is 101. The van der Waals surface area contributed by atoms with Crippen molar-refractivity contribution < 1.29 is 0 Å². The van der Waals surface area contributed by atoms with Gasteiger partial charge in [0, 0.05) is 33.0 Å². The molecule has 0 unspecified atom stereocenters. The van der Waals surface area contributed by atoms with Gasteiger partial charge >= 0.3 is 0 Å². The molecule has 4 heteroatoms. The zero-order chi connectivity index (χ0) is 53.2.